The molecule has 0 heterocycles. The first-order chi connectivity index (χ1) is 9.08. The third-order valence-electron chi connectivity index (χ3n) is 2.67. The van der Waals surface area contributed by atoms with E-state index >= 15 is 0 Å². The molecule has 1 atom stereocenters. The number of hydrogen-bond donors (Lipinski definition) is 1. The van der Waals surface area contributed by atoms with Gasteiger partial charge in [-0.3, -0.25) is 0 Å². The van der Waals surface area contributed by atoms with Crippen molar-refractivity contribution in [3.05, 3.63) is 29.8 Å². The highest BCUT2D eigenvalue weighted by atomic mass is 16.5. The summed E-state index contributed by atoms with van der Waals surface area (Å²) in [6.45, 7) is 9.22. The van der Waals surface area contributed by atoms with Gasteiger partial charge in [-0.2, -0.15) is 0 Å². The van der Waals surface area contributed by atoms with Crippen LogP contribution in [0.5, 0.6) is 11.5 Å². The molecule has 0 aliphatic carbocycles. The van der Waals surface area contributed by atoms with Crippen LogP contribution in [0.15, 0.2) is 24.3 Å². The van der Waals surface area contributed by atoms with Gasteiger partial charge in [0.1, 0.15) is 0 Å². The largest absolute Gasteiger partial charge is 0.493 e. The van der Waals surface area contributed by atoms with Crippen LogP contribution in [-0.2, 0) is 0 Å². The van der Waals surface area contributed by atoms with Crippen LogP contribution < -0.4 is 14.8 Å². The third-order valence-corrected chi connectivity index (χ3v) is 2.67. The Morgan fingerprint density at radius 1 is 1.26 bits per heavy atom. The number of nitrogens with one attached hydrogen (secondary N) is 1. The van der Waals surface area contributed by atoms with Gasteiger partial charge in [-0.25, -0.2) is 0 Å². The van der Waals surface area contributed by atoms with E-state index in [2.05, 4.69) is 31.3 Å². The van der Waals surface area contributed by atoms with Gasteiger partial charge in [0.15, 0.2) is 11.5 Å². The number of para-hydroxylation sites is 1. The molecule has 0 saturated heterocycles. The zero-order valence-electron chi connectivity index (χ0n) is 12.6. The van der Waals surface area contributed by atoms with Crippen molar-refractivity contribution in [2.24, 2.45) is 0 Å². The van der Waals surface area contributed by atoms with Crippen LogP contribution in [0.1, 0.15) is 33.3 Å². The van der Waals surface area contributed by atoms with Crippen molar-refractivity contribution in [2.75, 3.05) is 13.7 Å². The minimum Gasteiger partial charge on any atom is -0.493 e. The van der Waals surface area contributed by atoms with E-state index < -0.39 is 0 Å². The van der Waals surface area contributed by atoms with E-state index in [-0.39, 0.29) is 6.10 Å². The first-order valence-corrected chi connectivity index (χ1v) is 6.83. The van der Waals surface area contributed by atoms with E-state index in [1.807, 2.05) is 32.0 Å². The maximum Gasteiger partial charge on any atom is 0.168 e. The quantitative estimate of drug-likeness (QED) is 0.817. The molecule has 0 aliphatic heterocycles. The van der Waals surface area contributed by atoms with Gasteiger partial charge in [0, 0.05) is 11.6 Å². The first-order valence-electron chi connectivity index (χ1n) is 6.83. The van der Waals surface area contributed by atoms with Crippen molar-refractivity contribution in [3.63, 3.8) is 0 Å². The van der Waals surface area contributed by atoms with Crippen molar-refractivity contribution in [3.8, 4) is 11.5 Å². The monoisotopic (exact) mass is 263 g/mol. The fourth-order valence-electron chi connectivity index (χ4n) is 1.82. The fourth-order valence-corrected chi connectivity index (χ4v) is 1.82. The number of methoxy groups -OCH3 is 1. The summed E-state index contributed by atoms with van der Waals surface area (Å²) in [6, 6.07) is 6.27. The maximum atomic E-state index is 5.86. The van der Waals surface area contributed by atoms with Crippen LogP contribution in [0, 0.1) is 0 Å². The molecule has 0 bridgehead atoms. The van der Waals surface area contributed by atoms with E-state index in [1.54, 1.807) is 7.11 Å². The molecule has 1 aromatic carbocycles. The van der Waals surface area contributed by atoms with Crippen LogP contribution in [0.4, 0.5) is 0 Å². The Balaban J connectivity index is 2.98. The lowest BCUT2D eigenvalue weighted by Gasteiger charge is -2.16. The summed E-state index contributed by atoms with van der Waals surface area (Å²) in [5.74, 6) is 1.58. The first kappa shape index (κ1) is 15.6. The second-order valence-corrected chi connectivity index (χ2v) is 4.75. The predicted octanol–water partition coefficient (Wildman–Crippen LogP) is 3.49. The molecule has 106 valence electrons. The van der Waals surface area contributed by atoms with Gasteiger partial charge in [0.25, 0.3) is 0 Å². The van der Waals surface area contributed by atoms with E-state index in [1.165, 1.54) is 0 Å². The van der Waals surface area contributed by atoms with Crippen LogP contribution in [0.2, 0.25) is 0 Å². The number of ether oxygens (including phenoxy) is 2. The highest BCUT2D eigenvalue weighted by Gasteiger charge is 2.10. The average molecular weight is 263 g/mol. The SMILES string of the molecule is CCNC(C)/C=C/c1cccc(OC)c1OC(C)C. The summed E-state index contributed by atoms with van der Waals surface area (Å²) in [6.07, 6.45) is 4.33. The van der Waals surface area contributed by atoms with Crippen LogP contribution in [-0.4, -0.2) is 25.8 Å². The number of benzene rings is 1. The van der Waals surface area contributed by atoms with Crippen molar-refractivity contribution in [1.29, 1.82) is 0 Å². The Kier molecular flexibility index (Phi) is 6.43. The third kappa shape index (κ3) is 4.95. The van der Waals surface area contributed by atoms with Crippen molar-refractivity contribution in [2.45, 2.75) is 39.8 Å². The second kappa shape index (κ2) is 7.85. The van der Waals surface area contributed by atoms with Gasteiger partial charge in [0.05, 0.1) is 13.2 Å². The van der Waals surface area contributed by atoms with Gasteiger partial charge in [-0.1, -0.05) is 31.2 Å². The summed E-state index contributed by atoms with van der Waals surface area (Å²) >= 11 is 0. The van der Waals surface area contributed by atoms with Gasteiger partial charge in [-0.15, -0.1) is 0 Å². The van der Waals surface area contributed by atoms with Crippen LogP contribution >= 0.6 is 0 Å². The lowest BCUT2D eigenvalue weighted by Crippen LogP contribution is -2.22. The Labute approximate surface area is 116 Å². The van der Waals surface area contributed by atoms with Crippen LogP contribution in [0.3, 0.4) is 0 Å². The molecule has 0 radical (unpaired) electrons. The summed E-state index contributed by atoms with van der Waals surface area (Å²) in [7, 11) is 1.66. The number of likely N-dealkylation sites (N-methyl/N-ethyl adjacent to an activating group) is 1. The lowest BCUT2D eigenvalue weighted by molar-refractivity contribution is 0.229. The van der Waals surface area contributed by atoms with Gasteiger partial charge >= 0.3 is 0 Å². The molecule has 3 nitrogen and oxygen atoms in total. The predicted molar refractivity (Wildman–Crippen MR) is 80.9 cm³/mol. The normalized spacial score (nSPS) is 12.9. The zero-order valence-corrected chi connectivity index (χ0v) is 12.6. The molecule has 1 aromatic rings. The topological polar surface area (TPSA) is 30.5 Å². The van der Waals surface area contributed by atoms with E-state index in [9.17, 15) is 0 Å². The minimum absolute atomic E-state index is 0.120. The summed E-state index contributed by atoms with van der Waals surface area (Å²) in [5, 5.41) is 3.35. The van der Waals surface area contributed by atoms with Crippen molar-refractivity contribution < 1.29 is 9.47 Å². The van der Waals surface area contributed by atoms with Crippen molar-refractivity contribution in [1.82, 2.24) is 5.32 Å². The highest BCUT2D eigenvalue weighted by Crippen LogP contribution is 2.32. The molecule has 1 unspecified atom stereocenters. The molecular formula is C16H25NO2. The Bertz CT molecular complexity index is 413. The van der Waals surface area contributed by atoms with Gasteiger partial charge in [0.2, 0.25) is 0 Å². The Morgan fingerprint density at radius 2 is 2.00 bits per heavy atom. The number of hydrogen-bond acceptors (Lipinski definition) is 3. The smallest absolute Gasteiger partial charge is 0.168 e. The fraction of sp³-hybridized carbons (Fsp3) is 0.500. The second-order valence-electron chi connectivity index (χ2n) is 4.75. The summed E-state index contributed by atoms with van der Waals surface area (Å²) in [4.78, 5) is 0. The molecular weight excluding hydrogens is 238 g/mol. The Hall–Kier alpha value is -1.48. The highest BCUT2D eigenvalue weighted by molar-refractivity contribution is 5.62. The number of rotatable bonds is 7. The van der Waals surface area contributed by atoms with Gasteiger partial charge in [-0.05, 0) is 33.4 Å². The Morgan fingerprint density at radius 3 is 2.58 bits per heavy atom. The molecule has 1 rings (SSSR count). The molecule has 0 amide bonds. The average Bonchev–Trinajstić information content (AvgIpc) is 2.37. The van der Waals surface area contributed by atoms with Crippen molar-refractivity contribution >= 4 is 6.08 Å². The molecule has 0 spiro atoms. The van der Waals surface area contributed by atoms with Gasteiger partial charge < -0.3 is 14.8 Å². The zero-order chi connectivity index (χ0) is 14.3. The maximum absolute atomic E-state index is 5.86. The minimum atomic E-state index is 0.120. The molecule has 0 aromatic heterocycles. The summed E-state index contributed by atoms with van der Waals surface area (Å²) < 4.78 is 11.2. The van der Waals surface area contributed by atoms with E-state index in [0.29, 0.717) is 6.04 Å². The van der Waals surface area contributed by atoms with E-state index in [4.69, 9.17) is 9.47 Å². The molecule has 3 heteroatoms. The van der Waals surface area contributed by atoms with E-state index in [0.717, 1.165) is 23.6 Å². The van der Waals surface area contributed by atoms with Crippen LogP contribution in [0.25, 0.3) is 6.08 Å². The molecule has 0 fully saturated rings. The summed E-state index contributed by atoms with van der Waals surface area (Å²) in [5.41, 5.74) is 1.04. The molecule has 19 heavy (non-hydrogen) atoms. The molecule has 1 N–H and O–H groups in total. The molecule has 0 saturated carbocycles. The standard InChI is InChI=1S/C16H25NO2/c1-6-17-13(4)10-11-14-8-7-9-15(18-5)16(14)19-12(2)3/h7-13,17H,6H2,1-5H3/b11-10+. The lowest BCUT2D eigenvalue weighted by atomic mass is 10.1. The molecule has 0 aliphatic rings.